The average molecular weight is 304 g/mol. The van der Waals surface area contributed by atoms with E-state index in [1.807, 2.05) is 6.92 Å². The van der Waals surface area contributed by atoms with Crippen LogP contribution in [0.3, 0.4) is 0 Å². The van der Waals surface area contributed by atoms with Crippen LogP contribution in [0.25, 0.3) is 0 Å². The van der Waals surface area contributed by atoms with E-state index in [0.29, 0.717) is 12.8 Å². The van der Waals surface area contributed by atoms with Crippen LogP contribution in [0.1, 0.15) is 65.2 Å². The Hall–Kier alpha value is -0.650. The number of unbranched alkanes of at least 4 members (excludes halogenated alkanes) is 5. The van der Waals surface area contributed by atoms with Gasteiger partial charge in [0.25, 0.3) is 5.97 Å². The summed E-state index contributed by atoms with van der Waals surface area (Å²) in [6.07, 6.45) is 7.46. The van der Waals surface area contributed by atoms with Crippen LogP contribution in [0.15, 0.2) is 0 Å². The number of rotatable bonds is 13. The second kappa shape index (κ2) is 10.1. The predicted molar refractivity (Wildman–Crippen MR) is 82.1 cm³/mol. The van der Waals surface area contributed by atoms with Gasteiger partial charge in [-0.1, -0.05) is 52.4 Å². The summed E-state index contributed by atoms with van der Waals surface area (Å²) in [5.41, 5.74) is -1.20. The lowest BCUT2D eigenvalue weighted by Gasteiger charge is -2.43. The molecule has 0 bridgehead atoms. The standard InChI is InChI=1S/C16H32O5/c1-6-8-9-10-11-12-13-15(7-2,14(17)18)16(19-3,20-4)21-5/h6-13H2,1-5H3,(H,17,18). The molecular weight excluding hydrogens is 272 g/mol. The van der Waals surface area contributed by atoms with E-state index in [0.717, 1.165) is 19.3 Å². The lowest BCUT2D eigenvalue weighted by molar-refractivity contribution is -0.401. The van der Waals surface area contributed by atoms with Crippen molar-refractivity contribution < 1.29 is 24.1 Å². The zero-order chi connectivity index (χ0) is 16.4. The van der Waals surface area contributed by atoms with E-state index in [1.165, 1.54) is 40.6 Å². The van der Waals surface area contributed by atoms with Gasteiger partial charge >= 0.3 is 5.97 Å². The van der Waals surface area contributed by atoms with Crippen LogP contribution in [0.5, 0.6) is 0 Å². The molecule has 0 spiro atoms. The number of methoxy groups -OCH3 is 3. The number of aliphatic carboxylic acids is 1. The number of carbonyl (C=O) groups is 1. The SMILES string of the molecule is CCCCCCCCC(CC)(C(=O)O)C(OC)(OC)OC. The van der Waals surface area contributed by atoms with Gasteiger partial charge in [-0.2, -0.15) is 0 Å². The first kappa shape index (κ1) is 20.3. The van der Waals surface area contributed by atoms with Crippen LogP contribution >= 0.6 is 0 Å². The Labute approximate surface area is 129 Å². The van der Waals surface area contributed by atoms with Gasteiger partial charge in [0.05, 0.1) is 0 Å². The topological polar surface area (TPSA) is 65.0 Å². The zero-order valence-electron chi connectivity index (χ0n) is 14.2. The normalized spacial score (nSPS) is 14.9. The van der Waals surface area contributed by atoms with Crippen LogP contribution in [0.4, 0.5) is 0 Å². The molecule has 0 aromatic heterocycles. The third-order valence-corrected chi connectivity index (χ3v) is 4.36. The van der Waals surface area contributed by atoms with Crippen molar-refractivity contribution >= 4 is 5.97 Å². The van der Waals surface area contributed by atoms with Crippen LogP contribution in [-0.2, 0) is 19.0 Å². The second-order valence-corrected chi connectivity index (χ2v) is 5.43. The predicted octanol–water partition coefficient (Wildman–Crippen LogP) is 3.81. The summed E-state index contributed by atoms with van der Waals surface area (Å²) in [4.78, 5) is 11.9. The molecule has 0 aliphatic carbocycles. The minimum atomic E-state index is -1.54. The summed E-state index contributed by atoms with van der Waals surface area (Å²) in [5.74, 6) is -2.49. The third-order valence-electron chi connectivity index (χ3n) is 4.36. The molecule has 1 unspecified atom stereocenters. The van der Waals surface area contributed by atoms with Crippen molar-refractivity contribution in [2.75, 3.05) is 21.3 Å². The summed E-state index contributed by atoms with van der Waals surface area (Å²) < 4.78 is 16.0. The smallest absolute Gasteiger partial charge is 0.317 e. The Kier molecular flexibility index (Phi) is 9.83. The van der Waals surface area contributed by atoms with E-state index in [-0.39, 0.29) is 0 Å². The Bertz CT molecular complexity index is 280. The lowest BCUT2D eigenvalue weighted by Crippen LogP contribution is -2.57. The highest BCUT2D eigenvalue weighted by molar-refractivity contribution is 5.75. The van der Waals surface area contributed by atoms with E-state index in [1.54, 1.807) is 0 Å². The highest BCUT2D eigenvalue weighted by Crippen LogP contribution is 2.43. The van der Waals surface area contributed by atoms with Gasteiger partial charge in [-0.15, -0.1) is 0 Å². The highest BCUT2D eigenvalue weighted by atomic mass is 16.9. The van der Waals surface area contributed by atoms with Crippen molar-refractivity contribution in [1.82, 2.24) is 0 Å². The molecule has 5 heteroatoms. The molecule has 0 fully saturated rings. The fourth-order valence-electron chi connectivity index (χ4n) is 2.98. The molecule has 0 radical (unpaired) electrons. The van der Waals surface area contributed by atoms with Gasteiger partial charge in [-0.3, -0.25) is 4.79 Å². The van der Waals surface area contributed by atoms with Crippen molar-refractivity contribution in [1.29, 1.82) is 0 Å². The Morgan fingerprint density at radius 2 is 1.38 bits per heavy atom. The summed E-state index contributed by atoms with van der Waals surface area (Å²) >= 11 is 0. The van der Waals surface area contributed by atoms with Crippen molar-refractivity contribution in [3.63, 3.8) is 0 Å². The van der Waals surface area contributed by atoms with Gasteiger partial charge in [0.2, 0.25) is 0 Å². The summed E-state index contributed by atoms with van der Waals surface area (Å²) in [6.45, 7) is 4.01. The maximum Gasteiger partial charge on any atom is 0.317 e. The Morgan fingerprint density at radius 3 is 1.76 bits per heavy atom. The number of hydrogen-bond donors (Lipinski definition) is 1. The van der Waals surface area contributed by atoms with Crippen molar-refractivity contribution in [3.05, 3.63) is 0 Å². The number of ether oxygens (including phenoxy) is 3. The minimum absolute atomic E-state index is 0.382. The van der Waals surface area contributed by atoms with Gasteiger partial charge in [0.1, 0.15) is 5.41 Å². The number of carboxylic acids is 1. The van der Waals surface area contributed by atoms with Gasteiger partial charge < -0.3 is 19.3 Å². The molecule has 0 saturated carbocycles. The van der Waals surface area contributed by atoms with Crippen molar-refractivity contribution in [2.45, 2.75) is 71.2 Å². The first-order valence-corrected chi connectivity index (χ1v) is 7.89. The average Bonchev–Trinajstić information content (AvgIpc) is 2.50. The molecule has 0 rings (SSSR count). The number of carboxylic acid groups (broad SMARTS) is 1. The molecule has 0 aliphatic heterocycles. The van der Waals surface area contributed by atoms with Gasteiger partial charge in [0, 0.05) is 21.3 Å². The first-order chi connectivity index (χ1) is 10.00. The quantitative estimate of drug-likeness (QED) is 0.414. The van der Waals surface area contributed by atoms with E-state index in [2.05, 4.69) is 6.92 Å². The van der Waals surface area contributed by atoms with Crippen LogP contribution in [0.2, 0.25) is 0 Å². The van der Waals surface area contributed by atoms with Gasteiger partial charge in [-0.25, -0.2) is 0 Å². The van der Waals surface area contributed by atoms with Crippen molar-refractivity contribution in [3.8, 4) is 0 Å². The van der Waals surface area contributed by atoms with E-state index < -0.39 is 17.4 Å². The molecule has 0 saturated heterocycles. The molecule has 5 nitrogen and oxygen atoms in total. The molecule has 0 aliphatic rings. The summed E-state index contributed by atoms with van der Waals surface area (Å²) in [6, 6.07) is 0. The monoisotopic (exact) mass is 304 g/mol. The molecule has 21 heavy (non-hydrogen) atoms. The maximum atomic E-state index is 11.9. The van der Waals surface area contributed by atoms with Crippen LogP contribution < -0.4 is 0 Å². The summed E-state index contributed by atoms with van der Waals surface area (Å²) in [5, 5.41) is 9.75. The molecule has 1 N–H and O–H groups in total. The van der Waals surface area contributed by atoms with E-state index in [9.17, 15) is 9.90 Å². The first-order valence-electron chi connectivity index (χ1n) is 7.89. The molecular formula is C16H32O5. The molecule has 0 aromatic carbocycles. The molecule has 126 valence electrons. The molecule has 1 atom stereocenters. The van der Waals surface area contributed by atoms with Gasteiger partial charge in [-0.05, 0) is 12.8 Å². The van der Waals surface area contributed by atoms with E-state index in [4.69, 9.17) is 14.2 Å². The molecule has 0 amide bonds. The maximum absolute atomic E-state index is 11.9. The summed E-state index contributed by atoms with van der Waals surface area (Å²) in [7, 11) is 4.25. The Balaban J connectivity index is 4.89. The highest BCUT2D eigenvalue weighted by Gasteiger charge is 2.58. The third kappa shape index (κ3) is 4.66. The van der Waals surface area contributed by atoms with Gasteiger partial charge in [0.15, 0.2) is 0 Å². The van der Waals surface area contributed by atoms with Crippen LogP contribution in [0, 0.1) is 5.41 Å². The second-order valence-electron chi connectivity index (χ2n) is 5.43. The van der Waals surface area contributed by atoms with Crippen LogP contribution in [-0.4, -0.2) is 38.4 Å². The van der Waals surface area contributed by atoms with Crippen molar-refractivity contribution in [2.24, 2.45) is 5.41 Å². The van der Waals surface area contributed by atoms with E-state index >= 15 is 0 Å². The molecule has 0 aromatic rings. The fourth-order valence-corrected chi connectivity index (χ4v) is 2.98. The zero-order valence-corrected chi connectivity index (χ0v) is 14.2. The molecule has 0 heterocycles. The largest absolute Gasteiger partial charge is 0.481 e. The Morgan fingerprint density at radius 1 is 0.905 bits per heavy atom. The minimum Gasteiger partial charge on any atom is -0.481 e. The lowest BCUT2D eigenvalue weighted by atomic mass is 9.77. The fraction of sp³-hybridized carbons (Fsp3) is 0.938. The number of hydrogen-bond acceptors (Lipinski definition) is 4.